The SMILES string of the molecule is CCCCCCCCCCCCCCCCCCCCCCCCC(=O)N[C@@H](Cc1cnc[nH]1)C(=O)O. The van der Waals surface area contributed by atoms with Crippen LogP contribution in [0.15, 0.2) is 12.5 Å². The highest BCUT2D eigenvalue weighted by atomic mass is 16.4. The van der Waals surface area contributed by atoms with Crippen molar-refractivity contribution in [1.29, 1.82) is 0 Å². The third-order valence-electron chi connectivity index (χ3n) is 7.37. The summed E-state index contributed by atoms with van der Waals surface area (Å²) < 4.78 is 0. The van der Waals surface area contributed by atoms with Crippen molar-refractivity contribution in [2.45, 2.75) is 167 Å². The zero-order valence-corrected chi connectivity index (χ0v) is 23.9. The van der Waals surface area contributed by atoms with E-state index in [-0.39, 0.29) is 12.3 Å². The summed E-state index contributed by atoms with van der Waals surface area (Å²) >= 11 is 0. The van der Waals surface area contributed by atoms with Gasteiger partial charge >= 0.3 is 5.97 Å². The van der Waals surface area contributed by atoms with E-state index < -0.39 is 12.0 Å². The number of aromatic amines is 1. The molecular formula is C31H57N3O3. The number of hydrogen-bond donors (Lipinski definition) is 3. The number of carboxylic acid groups (broad SMARTS) is 1. The van der Waals surface area contributed by atoms with Crippen LogP contribution in [0, 0.1) is 0 Å². The first-order valence-corrected chi connectivity index (χ1v) is 15.6. The minimum absolute atomic E-state index is 0.180. The Morgan fingerprint density at radius 1 is 0.730 bits per heavy atom. The Morgan fingerprint density at radius 2 is 1.14 bits per heavy atom. The number of hydrogen-bond acceptors (Lipinski definition) is 3. The van der Waals surface area contributed by atoms with Crippen molar-refractivity contribution in [1.82, 2.24) is 15.3 Å². The van der Waals surface area contributed by atoms with Crippen LogP contribution >= 0.6 is 0 Å². The lowest BCUT2D eigenvalue weighted by molar-refractivity contribution is -0.141. The Morgan fingerprint density at radius 3 is 1.49 bits per heavy atom. The molecule has 0 saturated heterocycles. The van der Waals surface area contributed by atoms with Crippen molar-refractivity contribution >= 4 is 11.9 Å². The number of unbranched alkanes of at least 4 members (excludes halogenated alkanes) is 21. The summed E-state index contributed by atoms with van der Waals surface area (Å²) in [5.74, 6) is -1.20. The van der Waals surface area contributed by atoms with E-state index in [2.05, 4.69) is 22.2 Å². The summed E-state index contributed by atoms with van der Waals surface area (Å²) in [4.78, 5) is 30.2. The molecule has 0 aliphatic carbocycles. The Hall–Kier alpha value is -1.85. The van der Waals surface area contributed by atoms with Crippen molar-refractivity contribution in [2.75, 3.05) is 0 Å². The van der Waals surface area contributed by atoms with E-state index in [0.29, 0.717) is 12.1 Å². The third-order valence-corrected chi connectivity index (χ3v) is 7.37. The van der Waals surface area contributed by atoms with E-state index in [1.807, 2.05) is 0 Å². The van der Waals surface area contributed by atoms with E-state index in [9.17, 15) is 14.7 Å². The van der Waals surface area contributed by atoms with Crippen molar-refractivity contribution < 1.29 is 14.7 Å². The number of carbonyl (C=O) groups excluding carboxylic acids is 1. The molecule has 0 aliphatic rings. The lowest BCUT2D eigenvalue weighted by Crippen LogP contribution is -2.42. The Balaban J connectivity index is 1.79. The fourth-order valence-corrected chi connectivity index (χ4v) is 4.98. The van der Waals surface area contributed by atoms with Crippen LogP contribution in [0.5, 0.6) is 0 Å². The first kappa shape index (κ1) is 33.2. The summed E-state index contributed by atoms with van der Waals surface area (Å²) in [5, 5.41) is 12.0. The van der Waals surface area contributed by atoms with Crippen LogP contribution < -0.4 is 5.32 Å². The van der Waals surface area contributed by atoms with Crippen LogP contribution in [-0.2, 0) is 16.0 Å². The molecule has 0 fully saturated rings. The van der Waals surface area contributed by atoms with Gasteiger partial charge in [0.1, 0.15) is 6.04 Å². The maximum absolute atomic E-state index is 12.1. The number of amides is 1. The molecule has 0 aromatic carbocycles. The smallest absolute Gasteiger partial charge is 0.326 e. The molecular weight excluding hydrogens is 462 g/mol. The fraction of sp³-hybridized carbons (Fsp3) is 0.839. The number of carboxylic acids is 1. The Bertz CT molecular complexity index is 648. The second kappa shape index (κ2) is 24.5. The molecule has 37 heavy (non-hydrogen) atoms. The van der Waals surface area contributed by atoms with Crippen LogP contribution in [-0.4, -0.2) is 33.0 Å². The van der Waals surface area contributed by atoms with E-state index >= 15 is 0 Å². The number of rotatable bonds is 27. The summed E-state index contributed by atoms with van der Waals surface area (Å²) in [6.45, 7) is 2.28. The molecule has 0 radical (unpaired) electrons. The molecule has 0 unspecified atom stereocenters. The monoisotopic (exact) mass is 519 g/mol. The third kappa shape index (κ3) is 20.8. The summed E-state index contributed by atoms with van der Waals surface area (Å²) in [7, 11) is 0. The van der Waals surface area contributed by atoms with E-state index in [1.165, 1.54) is 128 Å². The fourth-order valence-electron chi connectivity index (χ4n) is 4.98. The molecule has 0 bridgehead atoms. The number of imidazole rings is 1. The molecule has 214 valence electrons. The standard InChI is InChI=1S/C31H57N3O3/c1-2-3-4-5-6-7-8-9-10-11-12-13-14-15-16-17-18-19-20-21-22-23-24-30(35)34-29(31(36)37)25-28-26-32-27-33-28/h26-27,29H,2-25H2,1H3,(H,32,33)(H,34,35)(H,36,37)/t29-/m0/s1. The molecule has 1 rings (SSSR count). The molecule has 0 aliphatic heterocycles. The van der Waals surface area contributed by atoms with Crippen molar-refractivity contribution in [3.05, 3.63) is 18.2 Å². The minimum Gasteiger partial charge on any atom is -0.480 e. The molecule has 6 nitrogen and oxygen atoms in total. The maximum atomic E-state index is 12.1. The average molecular weight is 520 g/mol. The van der Waals surface area contributed by atoms with Gasteiger partial charge in [-0.3, -0.25) is 4.79 Å². The first-order valence-electron chi connectivity index (χ1n) is 15.6. The highest BCUT2D eigenvalue weighted by Gasteiger charge is 2.20. The van der Waals surface area contributed by atoms with Crippen LogP contribution in [0.4, 0.5) is 0 Å². The zero-order valence-electron chi connectivity index (χ0n) is 23.9. The number of H-pyrrole nitrogens is 1. The van der Waals surface area contributed by atoms with Gasteiger partial charge in [-0.2, -0.15) is 0 Å². The van der Waals surface area contributed by atoms with Crippen LogP contribution in [0.25, 0.3) is 0 Å². The summed E-state index contributed by atoms with van der Waals surface area (Å²) in [6.07, 6.45) is 33.2. The second-order valence-electron chi connectivity index (χ2n) is 10.9. The van der Waals surface area contributed by atoms with Gasteiger partial charge in [-0.25, -0.2) is 9.78 Å². The van der Waals surface area contributed by atoms with Crippen LogP contribution in [0.1, 0.15) is 160 Å². The van der Waals surface area contributed by atoms with Crippen molar-refractivity contribution in [3.8, 4) is 0 Å². The predicted octanol–water partition coefficient (Wildman–Crippen LogP) is 8.51. The van der Waals surface area contributed by atoms with Gasteiger partial charge in [-0.05, 0) is 6.42 Å². The van der Waals surface area contributed by atoms with Crippen molar-refractivity contribution in [2.24, 2.45) is 0 Å². The van der Waals surface area contributed by atoms with Crippen LogP contribution in [0.3, 0.4) is 0 Å². The minimum atomic E-state index is -1.02. The Labute approximate surface area is 227 Å². The van der Waals surface area contributed by atoms with E-state index in [1.54, 1.807) is 6.20 Å². The van der Waals surface area contributed by atoms with Crippen molar-refractivity contribution in [3.63, 3.8) is 0 Å². The second-order valence-corrected chi connectivity index (χ2v) is 10.9. The highest BCUT2D eigenvalue weighted by Crippen LogP contribution is 2.15. The molecule has 1 aromatic rings. The normalized spacial score (nSPS) is 12.0. The van der Waals surface area contributed by atoms with Gasteiger partial charge in [0, 0.05) is 24.7 Å². The molecule has 0 saturated carbocycles. The lowest BCUT2D eigenvalue weighted by Gasteiger charge is -2.13. The quantitative estimate of drug-likeness (QED) is 0.101. The number of nitrogens with one attached hydrogen (secondary N) is 2. The van der Waals surface area contributed by atoms with Gasteiger partial charge < -0.3 is 15.4 Å². The van der Waals surface area contributed by atoms with Gasteiger partial charge in [0.25, 0.3) is 0 Å². The number of aliphatic carboxylic acids is 1. The molecule has 1 aromatic heterocycles. The summed E-state index contributed by atoms with van der Waals surface area (Å²) in [6, 6.07) is -0.910. The summed E-state index contributed by atoms with van der Waals surface area (Å²) in [5.41, 5.74) is 0.706. The van der Waals surface area contributed by atoms with Gasteiger partial charge in [0.05, 0.1) is 6.33 Å². The molecule has 6 heteroatoms. The molecule has 1 atom stereocenters. The predicted molar refractivity (Wildman–Crippen MR) is 154 cm³/mol. The highest BCUT2D eigenvalue weighted by molar-refractivity contribution is 5.83. The van der Waals surface area contributed by atoms with Crippen LogP contribution in [0.2, 0.25) is 0 Å². The number of aromatic nitrogens is 2. The first-order chi connectivity index (χ1) is 18.1. The van der Waals surface area contributed by atoms with Gasteiger partial charge in [-0.1, -0.05) is 142 Å². The largest absolute Gasteiger partial charge is 0.480 e. The zero-order chi connectivity index (χ0) is 26.8. The van der Waals surface area contributed by atoms with Gasteiger partial charge in [-0.15, -0.1) is 0 Å². The Kier molecular flexibility index (Phi) is 22.0. The lowest BCUT2D eigenvalue weighted by atomic mass is 10.0. The van der Waals surface area contributed by atoms with Gasteiger partial charge in [0.2, 0.25) is 5.91 Å². The number of nitrogens with zero attached hydrogens (tertiary/aromatic N) is 1. The molecule has 3 N–H and O–H groups in total. The molecule has 0 spiro atoms. The molecule has 1 heterocycles. The van der Waals surface area contributed by atoms with E-state index in [0.717, 1.165) is 19.3 Å². The average Bonchev–Trinajstić information content (AvgIpc) is 3.40. The van der Waals surface area contributed by atoms with Gasteiger partial charge in [0.15, 0.2) is 0 Å². The topological polar surface area (TPSA) is 95.1 Å². The molecule has 1 amide bonds. The maximum Gasteiger partial charge on any atom is 0.326 e. The number of carbonyl (C=O) groups is 2. The van der Waals surface area contributed by atoms with E-state index in [4.69, 9.17) is 0 Å².